The highest BCUT2D eigenvalue weighted by molar-refractivity contribution is 5.93. The number of Topliss-reactive ketones (excluding diaryl/α,β-unsaturated/α-hetero) is 1. The van der Waals surface area contributed by atoms with Crippen molar-refractivity contribution in [3.8, 4) is 0 Å². The van der Waals surface area contributed by atoms with Crippen molar-refractivity contribution >= 4 is 11.8 Å². The first-order chi connectivity index (χ1) is 10.3. The average molecular weight is 310 g/mol. The van der Waals surface area contributed by atoms with Gasteiger partial charge >= 0.3 is 11.9 Å². The van der Waals surface area contributed by atoms with Crippen molar-refractivity contribution in [3.05, 3.63) is 35.4 Å². The largest absolute Gasteiger partial charge is 0.462 e. The molecule has 1 unspecified atom stereocenters. The van der Waals surface area contributed by atoms with Gasteiger partial charge in [0.15, 0.2) is 0 Å². The molecule has 0 amide bonds. The number of carbonyl (C=O) groups is 2. The second-order valence-corrected chi connectivity index (χ2v) is 5.83. The Hall–Kier alpha value is -1.78. The third-order valence-corrected chi connectivity index (χ3v) is 4.21. The van der Waals surface area contributed by atoms with Crippen LogP contribution < -0.4 is 0 Å². The third-order valence-electron chi connectivity index (χ3n) is 4.21. The van der Waals surface area contributed by atoms with Gasteiger partial charge in [0.05, 0.1) is 12.0 Å². The first kappa shape index (κ1) is 16.6. The summed E-state index contributed by atoms with van der Waals surface area (Å²) in [6.45, 7) is 3.21. The summed E-state index contributed by atoms with van der Waals surface area (Å²) in [7, 11) is 0. The highest BCUT2D eigenvalue weighted by atomic mass is 19.3. The molecule has 3 nitrogen and oxygen atoms in total. The van der Waals surface area contributed by atoms with Gasteiger partial charge in [-0.1, -0.05) is 29.8 Å². The van der Waals surface area contributed by atoms with Gasteiger partial charge in [-0.15, -0.1) is 0 Å². The lowest BCUT2D eigenvalue weighted by Gasteiger charge is -2.31. The lowest BCUT2D eigenvalue weighted by atomic mass is 9.73. The minimum atomic E-state index is -3.67. The molecule has 1 aromatic rings. The molecule has 22 heavy (non-hydrogen) atoms. The molecule has 0 saturated heterocycles. The van der Waals surface area contributed by atoms with E-state index < -0.39 is 23.7 Å². The molecule has 2 rings (SSSR count). The normalized spacial score (nSPS) is 21.9. The average Bonchev–Trinajstić information content (AvgIpc) is 2.81. The number of hydrogen-bond donors (Lipinski definition) is 0. The summed E-state index contributed by atoms with van der Waals surface area (Å²) in [5.74, 6) is -5.44. The number of carbonyl (C=O) groups excluding carboxylic acids is 2. The van der Waals surface area contributed by atoms with Crippen LogP contribution in [0.5, 0.6) is 0 Å². The molecule has 1 aromatic carbocycles. The molecule has 0 N–H and O–H groups in total. The lowest BCUT2D eigenvalue weighted by Crippen LogP contribution is -2.42. The van der Waals surface area contributed by atoms with E-state index in [4.69, 9.17) is 0 Å². The Kier molecular flexibility index (Phi) is 4.63. The molecule has 0 radical (unpaired) electrons. The smallest absolute Gasteiger partial charge is 0.377 e. The first-order valence-electron chi connectivity index (χ1n) is 7.47. The fraction of sp³-hybridized carbons (Fsp3) is 0.529. The zero-order valence-electron chi connectivity index (χ0n) is 12.8. The monoisotopic (exact) mass is 310 g/mol. The molecule has 1 saturated carbocycles. The number of ketones is 1. The van der Waals surface area contributed by atoms with Gasteiger partial charge in [-0.05, 0) is 32.3 Å². The van der Waals surface area contributed by atoms with E-state index in [2.05, 4.69) is 4.74 Å². The minimum absolute atomic E-state index is 0.111. The molecular formula is C17H20F2O3. The van der Waals surface area contributed by atoms with Crippen molar-refractivity contribution in [2.24, 2.45) is 0 Å². The van der Waals surface area contributed by atoms with Crippen molar-refractivity contribution < 1.29 is 23.1 Å². The van der Waals surface area contributed by atoms with Crippen molar-refractivity contribution in [2.45, 2.75) is 50.9 Å². The van der Waals surface area contributed by atoms with Gasteiger partial charge in [-0.25, -0.2) is 4.79 Å². The van der Waals surface area contributed by atoms with E-state index in [1.54, 1.807) is 18.2 Å². The fourth-order valence-corrected chi connectivity index (χ4v) is 3.15. The van der Waals surface area contributed by atoms with E-state index in [0.29, 0.717) is 18.4 Å². The maximum atomic E-state index is 14.2. The van der Waals surface area contributed by atoms with Gasteiger partial charge in [0.25, 0.3) is 0 Å². The molecule has 0 aromatic heterocycles. The predicted molar refractivity (Wildman–Crippen MR) is 77.9 cm³/mol. The highest BCUT2D eigenvalue weighted by Gasteiger charge is 2.54. The molecule has 1 aliphatic carbocycles. The Morgan fingerprint density at radius 1 is 1.41 bits per heavy atom. The van der Waals surface area contributed by atoms with Gasteiger partial charge in [0.2, 0.25) is 0 Å². The molecule has 0 spiro atoms. The molecule has 0 aliphatic heterocycles. The topological polar surface area (TPSA) is 43.4 Å². The maximum Gasteiger partial charge on any atom is 0.377 e. The van der Waals surface area contributed by atoms with Crippen LogP contribution >= 0.6 is 0 Å². The van der Waals surface area contributed by atoms with E-state index in [1.807, 2.05) is 13.0 Å². The summed E-state index contributed by atoms with van der Waals surface area (Å²) in [6, 6.07) is 7.04. The van der Waals surface area contributed by atoms with Gasteiger partial charge < -0.3 is 4.74 Å². The number of benzene rings is 1. The van der Waals surface area contributed by atoms with Crippen LogP contribution in [0.1, 0.15) is 43.7 Å². The van der Waals surface area contributed by atoms with Crippen LogP contribution in [0.2, 0.25) is 0 Å². The quantitative estimate of drug-likeness (QED) is 0.781. The van der Waals surface area contributed by atoms with Crippen molar-refractivity contribution in [1.82, 2.24) is 0 Å². The molecule has 1 atom stereocenters. The van der Waals surface area contributed by atoms with E-state index in [0.717, 1.165) is 5.56 Å². The van der Waals surface area contributed by atoms with Gasteiger partial charge in [-0.3, -0.25) is 4.79 Å². The highest BCUT2D eigenvalue weighted by Crippen LogP contribution is 2.46. The Morgan fingerprint density at radius 2 is 2.14 bits per heavy atom. The molecule has 0 bridgehead atoms. The van der Waals surface area contributed by atoms with Gasteiger partial charge in [0.1, 0.15) is 5.78 Å². The van der Waals surface area contributed by atoms with Crippen LogP contribution in [0.15, 0.2) is 24.3 Å². The summed E-state index contributed by atoms with van der Waals surface area (Å²) in [5.41, 5.74) is 0.178. The number of aryl methyl sites for hydroxylation is 1. The Balaban J connectivity index is 2.40. The number of hydrogen-bond acceptors (Lipinski definition) is 3. The van der Waals surface area contributed by atoms with E-state index in [1.165, 1.54) is 6.92 Å². The van der Waals surface area contributed by atoms with Crippen molar-refractivity contribution in [1.29, 1.82) is 0 Å². The SMILES string of the molecule is CCOC(=O)C(F)(F)CC1(c2cccc(C)c2)CCCC1=O. The number of ether oxygens (including phenoxy) is 1. The van der Waals surface area contributed by atoms with Crippen LogP contribution in [0.3, 0.4) is 0 Å². The minimum Gasteiger partial charge on any atom is -0.462 e. The molecule has 5 heteroatoms. The Morgan fingerprint density at radius 3 is 2.68 bits per heavy atom. The van der Waals surface area contributed by atoms with Crippen molar-refractivity contribution in [3.63, 3.8) is 0 Å². The zero-order valence-corrected chi connectivity index (χ0v) is 12.8. The number of rotatable bonds is 5. The third kappa shape index (κ3) is 3.03. The predicted octanol–water partition coefficient (Wildman–Crippen LogP) is 3.57. The van der Waals surface area contributed by atoms with E-state index >= 15 is 0 Å². The molecule has 1 fully saturated rings. The summed E-state index contributed by atoms with van der Waals surface area (Å²) in [4.78, 5) is 23.9. The van der Waals surface area contributed by atoms with E-state index in [9.17, 15) is 18.4 Å². The second-order valence-electron chi connectivity index (χ2n) is 5.83. The van der Waals surface area contributed by atoms with Gasteiger partial charge in [0, 0.05) is 12.8 Å². The molecule has 120 valence electrons. The van der Waals surface area contributed by atoms with Crippen LogP contribution in [0, 0.1) is 6.92 Å². The summed E-state index contributed by atoms with van der Waals surface area (Å²) in [6.07, 6.45) is 0.351. The van der Waals surface area contributed by atoms with Crippen LogP contribution in [0.4, 0.5) is 8.78 Å². The number of esters is 1. The molecule has 0 heterocycles. The van der Waals surface area contributed by atoms with Gasteiger partial charge in [-0.2, -0.15) is 8.78 Å². The maximum absolute atomic E-state index is 14.2. The standard InChI is InChI=1S/C17H20F2O3/c1-3-22-15(21)17(18,19)11-16(9-5-8-14(16)20)13-7-4-6-12(2)10-13/h4,6-7,10H,3,5,8-9,11H2,1-2H3. The summed E-state index contributed by atoms with van der Waals surface area (Å²) >= 11 is 0. The molecule has 1 aliphatic rings. The second kappa shape index (κ2) is 6.15. The lowest BCUT2D eigenvalue weighted by molar-refractivity contribution is -0.174. The summed E-state index contributed by atoms with van der Waals surface area (Å²) < 4.78 is 32.9. The van der Waals surface area contributed by atoms with Crippen LogP contribution in [-0.4, -0.2) is 24.3 Å². The van der Waals surface area contributed by atoms with Crippen LogP contribution in [-0.2, 0) is 19.7 Å². The first-order valence-corrected chi connectivity index (χ1v) is 7.47. The summed E-state index contributed by atoms with van der Waals surface area (Å²) in [5, 5.41) is 0. The number of halogens is 2. The Labute approximate surface area is 128 Å². The van der Waals surface area contributed by atoms with E-state index in [-0.39, 0.29) is 18.8 Å². The van der Waals surface area contributed by atoms with Crippen molar-refractivity contribution in [2.75, 3.05) is 6.61 Å². The van der Waals surface area contributed by atoms with Crippen LogP contribution in [0.25, 0.3) is 0 Å². The zero-order chi connectivity index (χ0) is 16.4. The Bertz CT molecular complexity index is 583. The molecular weight excluding hydrogens is 290 g/mol. The number of alkyl halides is 2. The fourth-order valence-electron chi connectivity index (χ4n) is 3.15.